The Bertz CT molecular complexity index is 729. The molecular formula is C18H20F4O4. The van der Waals surface area contributed by atoms with E-state index in [1.807, 2.05) is 0 Å². The van der Waals surface area contributed by atoms with Gasteiger partial charge in [0, 0.05) is 0 Å². The molecular weight excluding hydrogens is 356 g/mol. The van der Waals surface area contributed by atoms with Crippen LogP contribution in [0.25, 0.3) is 0 Å². The SMILES string of the molecule is COc1c(F)c(F)c(COC(=O)C2C(C=C(C)CO)C2(C)C)c(F)c1F. The molecule has 0 aromatic heterocycles. The highest BCUT2D eigenvalue weighted by molar-refractivity contribution is 5.78. The first-order valence-corrected chi connectivity index (χ1v) is 7.91. The minimum absolute atomic E-state index is 0.158. The van der Waals surface area contributed by atoms with E-state index in [2.05, 4.69) is 4.74 Å². The first kappa shape index (κ1) is 20.2. The summed E-state index contributed by atoms with van der Waals surface area (Å²) in [6.45, 7) is 4.20. The van der Waals surface area contributed by atoms with E-state index in [1.54, 1.807) is 26.8 Å². The lowest BCUT2D eigenvalue weighted by Gasteiger charge is -2.11. The van der Waals surface area contributed by atoms with Gasteiger partial charge in [-0.15, -0.1) is 0 Å². The predicted octanol–water partition coefficient (Wildman–Crippen LogP) is 3.51. The van der Waals surface area contributed by atoms with E-state index in [4.69, 9.17) is 9.84 Å². The van der Waals surface area contributed by atoms with E-state index < -0.39 is 58.5 Å². The lowest BCUT2D eigenvalue weighted by Crippen LogP contribution is -2.14. The number of aliphatic hydroxyl groups excluding tert-OH is 1. The number of hydrogen-bond acceptors (Lipinski definition) is 4. The number of hydrogen-bond donors (Lipinski definition) is 1. The Hall–Kier alpha value is -2.09. The molecule has 0 radical (unpaired) electrons. The van der Waals surface area contributed by atoms with Crippen molar-refractivity contribution in [2.24, 2.45) is 17.3 Å². The zero-order chi connectivity index (χ0) is 19.8. The molecule has 0 saturated heterocycles. The largest absolute Gasteiger partial charge is 0.491 e. The van der Waals surface area contributed by atoms with Crippen molar-refractivity contribution in [1.29, 1.82) is 0 Å². The Morgan fingerprint density at radius 1 is 1.15 bits per heavy atom. The molecule has 2 rings (SSSR count). The first-order chi connectivity index (χ1) is 12.1. The molecule has 2 atom stereocenters. The molecule has 1 aliphatic carbocycles. The third kappa shape index (κ3) is 3.42. The Morgan fingerprint density at radius 2 is 1.69 bits per heavy atom. The fraction of sp³-hybridized carbons (Fsp3) is 0.500. The van der Waals surface area contributed by atoms with E-state index in [-0.39, 0.29) is 12.5 Å². The summed E-state index contributed by atoms with van der Waals surface area (Å²) in [5.41, 5.74) is -0.804. The van der Waals surface area contributed by atoms with Crippen molar-refractivity contribution in [3.8, 4) is 5.75 Å². The molecule has 1 aromatic rings. The number of esters is 1. The topological polar surface area (TPSA) is 55.8 Å². The normalized spacial score (nSPS) is 21.5. The molecule has 0 bridgehead atoms. The zero-order valence-corrected chi connectivity index (χ0v) is 14.8. The maximum absolute atomic E-state index is 13.9. The fourth-order valence-electron chi connectivity index (χ4n) is 2.99. The van der Waals surface area contributed by atoms with Gasteiger partial charge in [-0.1, -0.05) is 25.5 Å². The third-order valence-corrected chi connectivity index (χ3v) is 4.75. The lowest BCUT2D eigenvalue weighted by atomic mass is 10.1. The number of rotatable bonds is 6. The second kappa shape index (κ2) is 7.26. The van der Waals surface area contributed by atoms with Crippen LogP contribution < -0.4 is 4.74 Å². The van der Waals surface area contributed by atoms with Crippen LogP contribution in [-0.2, 0) is 16.1 Å². The van der Waals surface area contributed by atoms with Gasteiger partial charge < -0.3 is 14.6 Å². The summed E-state index contributed by atoms with van der Waals surface area (Å²) in [5, 5.41) is 9.07. The molecule has 1 fully saturated rings. The summed E-state index contributed by atoms with van der Waals surface area (Å²) in [5.74, 6) is -9.43. The summed E-state index contributed by atoms with van der Waals surface area (Å²) in [6.07, 6.45) is 1.74. The number of aliphatic hydroxyl groups is 1. The molecule has 0 spiro atoms. The highest BCUT2D eigenvalue weighted by Crippen LogP contribution is 2.59. The summed E-state index contributed by atoms with van der Waals surface area (Å²) >= 11 is 0. The second-order valence-corrected chi connectivity index (χ2v) is 6.87. The van der Waals surface area contributed by atoms with Crippen LogP contribution in [0.1, 0.15) is 26.3 Å². The van der Waals surface area contributed by atoms with Crippen molar-refractivity contribution < 1.29 is 36.9 Å². The summed E-state index contributed by atoms with van der Waals surface area (Å²) in [6, 6.07) is 0. The monoisotopic (exact) mass is 376 g/mol. The van der Waals surface area contributed by atoms with Crippen molar-refractivity contribution in [2.45, 2.75) is 27.4 Å². The maximum Gasteiger partial charge on any atom is 0.310 e. The fourth-order valence-corrected chi connectivity index (χ4v) is 2.99. The van der Waals surface area contributed by atoms with Crippen LogP contribution in [0.15, 0.2) is 11.6 Å². The van der Waals surface area contributed by atoms with Gasteiger partial charge >= 0.3 is 5.97 Å². The van der Waals surface area contributed by atoms with Crippen LogP contribution in [0.2, 0.25) is 0 Å². The molecule has 26 heavy (non-hydrogen) atoms. The Labute approximate surface area is 148 Å². The van der Waals surface area contributed by atoms with E-state index in [9.17, 15) is 22.4 Å². The van der Waals surface area contributed by atoms with Crippen LogP contribution in [-0.4, -0.2) is 24.8 Å². The van der Waals surface area contributed by atoms with E-state index in [0.717, 1.165) is 7.11 Å². The molecule has 1 saturated carbocycles. The van der Waals surface area contributed by atoms with E-state index in [0.29, 0.717) is 5.57 Å². The summed E-state index contributed by atoms with van der Waals surface area (Å²) < 4.78 is 64.4. The highest BCUT2D eigenvalue weighted by atomic mass is 19.2. The quantitative estimate of drug-likeness (QED) is 0.357. The Balaban J connectivity index is 2.16. The average molecular weight is 376 g/mol. The predicted molar refractivity (Wildman–Crippen MR) is 84.2 cm³/mol. The van der Waals surface area contributed by atoms with Crippen molar-refractivity contribution in [2.75, 3.05) is 13.7 Å². The van der Waals surface area contributed by atoms with Gasteiger partial charge in [0.15, 0.2) is 17.4 Å². The molecule has 4 nitrogen and oxygen atoms in total. The number of benzene rings is 1. The molecule has 1 aliphatic rings. The first-order valence-electron chi connectivity index (χ1n) is 7.91. The number of methoxy groups -OCH3 is 1. The van der Waals surface area contributed by atoms with Gasteiger partial charge in [0.25, 0.3) is 0 Å². The number of carbonyl (C=O) groups excluding carboxylic acids is 1. The molecule has 0 aliphatic heterocycles. The van der Waals surface area contributed by atoms with E-state index in [1.165, 1.54) is 0 Å². The number of allylic oxidation sites excluding steroid dienone is 1. The lowest BCUT2D eigenvalue weighted by molar-refractivity contribution is -0.147. The number of ether oxygens (including phenoxy) is 2. The zero-order valence-electron chi connectivity index (χ0n) is 14.8. The standard InChI is InChI=1S/C18H20F4O4/c1-8(6-23)5-10-11(18(10,2)3)17(24)26-7-9-12(19)14(21)16(25-4)15(22)13(9)20/h5,10-11,23H,6-7H2,1-4H3. The Morgan fingerprint density at radius 3 is 2.15 bits per heavy atom. The molecule has 0 heterocycles. The molecule has 1 N–H and O–H groups in total. The molecule has 2 unspecified atom stereocenters. The van der Waals surface area contributed by atoms with Gasteiger partial charge in [-0.3, -0.25) is 4.79 Å². The van der Waals surface area contributed by atoms with Gasteiger partial charge in [-0.25, -0.2) is 8.78 Å². The number of carbonyl (C=O) groups is 1. The maximum atomic E-state index is 13.9. The minimum Gasteiger partial charge on any atom is -0.491 e. The summed E-state index contributed by atoms with van der Waals surface area (Å²) in [4.78, 5) is 12.2. The van der Waals surface area contributed by atoms with Crippen LogP contribution in [0, 0.1) is 40.5 Å². The number of halogens is 4. The van der Waals surface area contributed by atoms with Gasteiger partial charge in [0.2, 0.25) is 11.6 Å². The van der Waals surface area contributed by atoms with Crippen LogP contribution in [0.3, 0.4) is 0 Å². The van der Waals surface area contributed by atoms with Gasteiger partial charge in [0.1, 0.15) is 6.61 Å². The molecule has 8 heteroatoms. The second-order valence-electron chi connectivity index (χ2n) is 6.87. The van der Waals surface area contributed by atoms with Crippen molar-refractivity contribution >= 4 is 5.97 Å². The van der Waals surface area contributed by atoms with Crippen LogP contribution >= 0.6 is 0 Å². The van der Waals surface area contributed by atoms with Gasteiger partial charge in [-0.2, -0.15) is 8.78 Å². The smallest absolute Gasteiger partial charge is 0.310 e. The molecule has 0 amide bonds. The highest BCUT2D eigenvalue weighted by Gasteiger charge is 2.61. The third-order valence-electron chi connectivity index (χ3n) is 4.75. The van der Waals surface area contributed by atoms with Gasteiger partial charge in [-0.05, 0) is 18.3 Å². The van der Waals surface area contributed by atoms with E-state index >= 15 is 0 Å². The molecule has 1 aromatic carbocycles. The van der Waals surface area contributed by atoms with Crippen molar-refractivity contribution in [3.63, 3.8) is 0 Å². The van der Waals surface area contributed by atoms with Crippen LogP contribution in [0.5, 0.6) is 5.75 Å². The van der Waals surface area contributed by atoms with Crippen molar-refractivity contribution in [3.05, 3.63) is 40.5 Å². The molecule has 144 valence electrons. The average Bonchev–Trinajstić information content (AvgIpc) is 3.13. The summed E-state index contributed by atoms with van der Waals surface area (Å²) in [7, 11) is 0.872. The van der Waals surface area contributed by atoms with Crippen molar-refractivity contribution in [1.82, 2.24) is 0 Å². The van der Waals surface area contributed by atoms with Crippen LogP contribution in [0.4, 0.5) is 17.6 Å². The van der Waals surface area contributed by atoms with Gasteiger partial charge in [0.05, 0.1) is 25.2 Å². The minimum atomic E-state index is -1.69. The Kier molecular flexibility index (Phi) is 5.65.